The minimum atomic E-state index is 0.310. The van der Waals surface area contributed by atoms with Gasteiger partial charge < -0.3 is 10.2 Å². The molecule has 0 spiro atoms. The number of rotatable bonds is 1. The third kappa shape index (κ3) is 3.01. The lowest BCUT2D eigenvalue weighted by molar-refractivity contribution is -0.139. The Morgan fingerprint density at radius 3 is 2.41 bits per heavy atom. The normalized spacial score (nSPS) is 32.2. The molecule has 3 nitrogen and oxygen atoms in total. The Hall–Kier alpha value is -0.570. The summed E-state index contributed by atoms with van der Waals surface area (Å²) in [6, 6.07) is 0.776. The molecule has 1 amide bonds. The highest BCUT2D eigenvalue weighted by Gasteiger charge is 2.32. The summed E-state index contributed by atoms with van der Waals surface area (Å²) in [7, 11) is 0. The molecular weight excluding hydrogens is 212 g/mol. The molecule has 0 aromatic heterocycles. The van der Waals surface area contributed by atoms with Crippen LogP contribution < -0.4 is 5.32 Å². The Kier molecular flexibility index (Phi) is 4.43. The largest absolute Gasteiger partial charge is 0.337 e. The molecule has 2 fully saturated rings. The van der Waals surface area contributed by atoms with E-state index in [0.717, 1.165) is 25.9 Å². The van der Waals surface area contributed by atoms with Crippen molar-refractivity contribution in [3.63, 3.8) is 0 Å². The van der Waals surface area contributed by atoms with Gasteiger partial charge in [-0.05, 0) is 26.7 Å². The Labute approximate surface area is 105 Å². The van der Waals surface area contributed by atoms with Gasteiger partial charge in [-0.25, -0.2) is 0 Å². The maximum atomic E-state index is 12.6. The van der Waals surface area contributed by atoms with E-state index in [9.17, 15) is 4.79 Å². The van der Waals surface area contributed by atoms with Crippen LogP contribution in [-0.4, -0.2) is 36.0 Å². The quantitative estimate of drug-likeness (QED) is 0.710. The second kappa shape index (κ2) is 5.85. The van der Waals surface area contributed by atoms with Crippen LogP contribution in [0.2, 0.25) is 0 Å². The van der Waals surface area contributed by atoms with E-state index in [2.05, 4.69) is 24.1 Å². The molecule has 1 saturated heterocycles. The molecule has 1 aliphatic carbocycles. The van der Waals surface area contributed by atoms with E-state index in [0.29, 0.717) is 23.9 Å². The minimum Gasteiger partial charge on any atom is -0.337 e. The zero-order valence-electron chi connectivity index (χ0n) is 11.2. The van der Waals surface area contributed by atoms with Crippen molar-refractivity contribution in [3.8, 4) is 0 Å². The van der Waals surface area contributed by atoms with Crippen molar-refractivity contribution in [3.05, 3.63) is 0 Å². The number of carbonyl (C=O) groups excluding carboxylic acids is 1. The molecule has 1 aliphatic heterocycles. The van der Waals surface area contributed by atoms with Gasteiger partial charge in [-0.1, -0.05) is 25.7 Å². The monoisotopic (exact) mass is 238 g/mol. The van der Waals surface area contributed by atoms with Crippen LogP contribution in [0, 0.1) is 5.92 Å². The molecule has 0 radical (unpaired) electrons. The second-order valence-corrected chi connectivity index (χ2v) is 5.70. The van der Waals surface area contributed by atoms with Gasteiger partial charge in [0.2, 0.25) is 5.91 Å². The Morgan fingerprint density at radius 2 is 1.76 bits per heavy atom. The molecule has 1 N–H and O–H groups in total. The minimum absolute atomic E-state index is 0.310. The molecule has 2 rings (SSSR count). The summed E-state index contributed by atoms with van der Waals surface area (Å²) in [4.78, 5) is 14.7. The Balaban J connectivity index is 1.97. The van der Waals surface area contributed by atoms with Crippen LogP contribution in [0.15, 0.2) is 0 Å². The van der Waals surface area contributed by atoms with Gasteiger partial charge in [-0.2, -0.15) is 0 Å². The number of piperazine rings is 1. The van der Waals surface area contributed by atoms with E-state index in [4.69, 9.17) is 0 Å². The molecular formula is C14H26N2O. The first-order valence-electron chi connectivity index (χ1n) is 7.24. The van der Waals surface area contributed by atoms with Crippen LogP contribution in [0.3, 0.4) is 0 Å². The van der Waals surface area contributed by atoms with Crippen LogP contribution in [0.25, 0.3) is 0 Å². The van der Waals surface area contributed by atoms with E-state index >= 15 is 0 Å². The van der Waals surface area contributed by atoms with E-state index in [1.807, 2.05) is 0 Å². The summed E-state index contributed by atoms with van der Waals surface area (Å²) in [5, 5.41) is 3.44. The van der Waals surface area contributed by atoms with Crippen LogP contribution in [0.4, 0.5) is 0 Å². The maximum Gasteiger partial charge on any atom is 0.226 e. The highest BCUT2D eigenvalue weighted by atomic mass is 16.2. The topological polar surface area (TPSA) is 32.3 Å². The molecule has 98 valence electrons. The van der Waals surface area contributed by atoms with E-state index in [-0.39, 0.29) is 0 Å². The van der Waals surface area contributed by atoms with Gasteiger partial charge in [-0.3, -0.25) is 4.79 Å². The lowest BCUT2D eigenvalue weighted by atomic mass is 9.96. The summed E-state index contributed by atoms with van der Waals surface area (Å²) in [6.07, 6.45) is 7.35. The highest BCUT2D eigenvalue weighted by molar-refractivity contribution is 5.79. The predicted molar refractivity (Wildman–Crippen MR) is 69.8 cm³/mol. The fourth-order valence-corrected chi connectivity index (χ4v) is 3.13. The van der Waals surface area contributed by atoms with Crippen LogP contribution in [-0.2, 0) is 4.79 Å². The smallest absolute Gasteiger partial charge is 0.226 e. The molecule has 0 bridgehead atoms. The zero-order chi connectivity index (χ0) is 12.3. The van der Waals surface area contributed by atoms with E-state index in [1.165, 1.54) is 25.7 Å². The molecule has 2 unspecified atom stereocenters. The lowest BCUT2D eigenvalue weighted by Crippen LogP contribution is -2.58. The third-order valence-electron chi connectivity index (χ3n) is 4.52. The first kappa shape index (κ1) is 12.9. The standard InChI is InChI=1S/C14H26N2O/c1-11-12(2)16(10-9-15-11)14(17)13-7-5-3-4-6-8-13/h11-13,15H,3-10H2,1-2H3. The van der Waals surface area contributed by atoms with E-state index in [1.54, 1.807) is 0 Å². The average Bonchev–Trinajstić information content (AvgIpc) is 2.60. The fraction of sp³-hybridized carbons (Fsp3) is 0.929. The average molecular weight is 238 g/mol. The van der Waals surface area contributed by atoms with E-state index < -0.39 is 0 Å². The van der Waals surface area contributed by atoms with Crippen molar-refractivity contribution in [2.45, 2.75) is 64.5 Å². The number of hydrogen-bond donors (Lipinski definition) is 1. The van der Waals surface area contributed by atoms with Crippen molar-refractivity contribution in [2.75, 3.05) is 13.1 Å². The Bertz CT molecular complexity index is 259. The number of nitrogens with one attached hydrogen (secondary N) is 1. The van der Waals surface area contributed by atoms with Gasteiger partial charge in [0.05, 0.1) is 0 Å². The van der Waals surface area contributed by atoms with Crippen molar-refractivity contribution in [2.24, 2.45) is 5.92 Å². The van der Waals surface area contributed by atoms with Crippen molar-refractivity contribution >= 4 is 5.91 Å². The van der Waals surface area contributed by atoms with Gasteiger partial charge in [0.15, 0.2) is 0 Å². The molecule has 0 aromatic carbocycles. The van der Waals surface area contributed by atoms with Crippen molar-refractivity contribution < 1.29 is 4.79 Å². The summed E-state index contributed by atoms with van der Waals surface area (Å²) in [5.41, 5.74) is 0. The number of nitrogens with zero attached hydrogens (tertiary/aromatic N) is 1. The number of hydrogen-bond acceptors (Lipinski definition) is 2. The van der Waals surface area contributed by atoms with Gasteiger partial charge in [0.1, 0.15) is 0 Å². The number of amides is 1. The number of carbonyl (C=O) groups is 1. The van der Waals surface area contributed by atoms with Crippen LogP contribution in [0.1, 0.15) is 52.4 Å². The first-order valence-corrected chi connectivity index (χ1v) is 7.24. The summed E-state index contributed by atoms with van der Waals surface area (Å²) in [5.74, 6) is 0.734. The predicted octanol–water partition coefficient (Wildman–Crippen LogP) is 2.17. The van der Waals surface area contributed by atoms with Crippen molar-refractivity contribution in [1.29, 1.82) is 0 Å². The first-order chi connectivity index (χ1) is 8.20. The van der Waals surface area contributed by atoms with Crippen LogP contribution >= 0.6 is 0 Å². The molecule has 17 heavy (non-hydrogen) atoms. The van der Waals surface area contributed by atoms with Crippen LogP contribution in [0.5, 0.6) is 0 Å². The summed E-state index contributed by atoms with van der Waals surface area (Å²) >= 11 is 0. The fourth-order valence-electron chi connectivity index (χ4n) is 3.13. The van der Waals surface area contributed by atoms with Gasteiger partial charge in [-0.15, -0.1) is 0 Å². The Morgan fingerprint density at radius 1 is 1.12 bits per heavy atom. The summed E-state index contributed by atoms with van der Waals surface area (Å²) < 4.78 is 0. The third-order valence-corrected chi connectivity index (χ3v) is 4.52. The van der Waals surface area contributed by atoms with Gasteiger partial charge in [0.25, 0.3) is 0 Å². The van der Waals surface area contributed by atoms with Gasteiger partial charge >= 0.3 is 0 Å². The second-order valence-electron chi connectivity index (χ2n) is 5.70. The molecule has 3 heteroatoms. The SMILES string of the molecule is CC1NCCN(C(=O)C2CCCCCC2)C1C. The zero-order valence-corrected chi connectivity index (χ0v) is 11.2. The highest BCUT2D eigenvalue weighted by Crippen LogP contribution is 2.26. The molecule has 2 aliphatic rings. The molecule has 0 aromatic rings. The summed E-state index contributed by atoms with van der Waals surface area (Å²) in [6.45, 7) is 6.19. The van der Waals surface area contributed by atoms with Gasteiger partial charge in [0, 0.05) is 31.1 Å². The molecule has 2 atom stereocenters. The molecule has 1 heterocycles. The van der Waals surface area contributed by atoms with Crippen molar-refractivity contribution in [1.82, 2.24) is 10.2 Å². The molecule has 1 saturated carbocycles. The lowest BCUT2D eigenvalue weighted by Gasteiger charge is -2.40. The maximum absolute atomic E-state index is 12.6.